The van der Waals surface area contributed by atoms with Gasteiger partial charge in [-0.3, -0.25) is 4.21 Å². The number of hydrogen-bond acceptors (Lipinski definition) is 6. The van der Waals surface area contributed by atoms with Gasteiger partial charge in [0, 0.05) is 16.0 Å². The Hall–Kier alpha value is -1.80. The number of halogens is 2. The van der Waals surface area contributed by atoms with Crippen molar-refractivity contribution in [3.05, 3.63) is 46.7 Å². The molecular weight excluding hydrogens is 349 g/mol. The maximum absolute atomic E-state index is 10.8. The average Bonchev–Trinajstić information content (AvgIpc) is 2.96. The molecule has 0 amide bonds. The van der Waals surface area contributed by atoms with Crippen LogP contribution in [0.5, 0.6) is 0 Å². The number of benzene rings is 1. The van der Waals surface area contributed by atoms with Crippen LogP contribution in [-0.2, 0) is 11.1 Å². The molecule has 3 rings (SSSR count). The first-order valence-corrected chi connectivity index (χ1v) is 7.73. The van der Waals surface area contributed by atoms with Crippen molar-refractivity contribution in [2.75, 3.05) is 0 Å². The second-order valence-corrected chi connectivity index (χ2v) is 5.90. The Balaban J connectivity index is 1.94. The van der Waals surface area contributed by atoms with Crippen molar-refractivity contribution in [2.45, 2.75) is 4.90 Å². The minimum absolute atomic E-state index is 0.181. The predicted octanol–water partition coefficient (Wildman–Crippen LogP) is 3.34. The lowest BCUT2D eigenvalue weighted by Crippen LogP contribution is -1.88. The molecule has 1 unspecified atom stereocenters. The molecule has 6 nitrogen and oxygen atoms in total. The van der Waals surface area contributed by atoms with E-state index in [0.717, 1.165) is 0 Å². The summed E-state index contributed by atoms with van der Waals surface area (Å²) in [5.74, 6) is 0.556. The van der Waals surface area contributed by atoms with Crippen molar-refractivity contribution in [1.29, 1.82) is 0 Å². The highest BCUT2D eigenvalue weighted by atomic mass is 35.5. The van der Waals surface area contributed by atoms with Gasteiger partial charge in [-0.15, -0.1) is 0 Å². The third-order valence-electron chi connectivity index (χ3n) is 2.74. The first kappa shape index (κ1) is 15.1. The fraction of sp³-hybridized carbons (Fsp3) is 0. The van der Waals surface area contributed by atoms with Crippen LogP contribution in [0.1, 0.15) is 0 Å². The summed E-state index contributed by atoms with van der Waals surface area (Å²) in [6, 6.07) is 9.19. The lowest BCUT2D eigenvalue weighted by molar-refractivity contribution is 0.432. The van der Waals surface area contributed by atoms with Gasteiger partial charge in [0.15, 0.2) is 0 Å². The van der Waals surface area contributed by atoms with E-state index in [2.05, 4.69) is 15.1 Å². The predicted molar refractivity (Wildman–Crippen MR) is 80.2 cm³/mol. The highest BCUT2D eigenvalue weighted by Gasteiger charge is 2.12. The number of pyridine rings is 1. The Labute approximate surface area is 137 Å². The van der Waals surface area contributed by atoms with Crippen LogP contribution >= 0.6 is 23.2 Å². The molecule has 0 radical (unpaired) electrons. The molecule has 1 aromatic carbocycles. The molecule has 2 aromatic heterocycles. The van der Waals surface area contributed by atoms with Gasteiger partial charge in [-0.1, -0.05) is 28.4 Å². The summed E-state index contributed by atoms with van der Waals surface area (Å²) in [4.78, 5) is 8.24. The lowest BCUT2D eigenvalue weighted by atomic mass is 10.2. The van der Waals surface area contributed by atoms with Crippen LogP contribution in [0.15, 0.2) is 45.8 Å². The Kier molecular flexibility index (Phi) is 4.21. The second kappa shape index (κ2) is 6.13. The standard InChI is InChI=1S/C13H7Cl2N3O3S/c14-10-5-8(6-11(15)16-10)13-17-12(18-21-13)7-1-3-9(4-2-7)22(19)20/h1-6H,(H,19,20)/p-1. The first-order valence-electron chi connectivity index (χ1n) is 5.90. The Bertz CT molecular complexity index is 832. The van der Waals surface area contributed by atoms with Gasteiger partial charge in [0.25, 0.3) is 5.89 Å². The van der Waals surface area contributed by atoms with Crippen LogP contribution in [0.3, 0.4) is 0 Å². The van der Waals surface area contributed by atoms with Crippen molar-refractivity contribution in [1.82, 2.24) is 15.1 Å². The Morgan fingerprint density at radius 1 is 1.00 bits per heavy atom. The first-order chi connectivity index (χ1) is 10.5. The molecule has 0 saturated heterocycles. The van der Waals surface area contributed by atoms with E-state index >= 15 is 0 Å². The molecule has 0 saturated carbocycles. The van der Waals surface area contributed by atoms with E-state index < -0.39 is 11.1 Å². The van der Waals surface area contributed by atoms with E-state index in [1.807, 2.05) is 0 Å². The molecule has 0 fully saturated rings. The molecule has 1 atom stereocenters. The molecule has 0 aliphatic rings. The molecule has 22 heavy (non-hydrogen) atoms. The van der Waals surface area contributed by atoms with Gasteiger partial charge in [-0.25, -0.2) is 4.98 Å². The van der Waals surface area contributed by atoms with Crippen molar-refractivity contribution >= 4 is 34.3 Å². The third kappa shape index (κ3) is 3.17. The van der Waals surface area contributed by atoms with Crippen LogP contribution in [0, 0.1) is 0 Å². The zero-order valence-electron chi connectivity index (χ0n) is 10.7. The molecule has 9 heteroatoms. The fourth-order valence-electron chi connectivity index (χ4n) is 1.76. The van der Waals surface area contributed by atoms with E-state index in [1.54, 1.807) is 24.3 Å². The molecule has 3 aromatic rings. The molecule has 0 spiro atoms. The van der Waals surface area contributed by atoms with Crippen LogP contribution in [-0.4, -0.2) is 23.9 Å². The van der Waals surface area contributed by atoms with Gasteiger partial charge in [0.1, 0.15) is 10.3 Å². The van der Waals surface area contributed by atoms with Crippen molar-refractivity contribution in [2.24, 2.45) is 0 Å². The number of hydrogen-bond donors (Lipinski definition) is 0. The SMILES string of the molecule is O=S([O-])c1ccc(-c2noc(-c3cc(Cl)nc(Cl)c3)n2)cc1. The largest absolute Gasteiger partial charge is 0.768 e. The van der Waals surface area contributed by atoms with Gasteiger partial charge in [0.2, 0.25) is 5.82 Å². The molecule has 112 valence electrons. The van der Waals surface area contributed by atoms with Crippen molar-refractivity contribution in [3.63, 3.8) is 0 Å². The zero-order chi connectivity index (χ0) is 15.7. The van der Waals surface area contributed by atoms with E-state index in [-0.39, 0.29) is 21.1 Å². The van der Waals surface area contributed by atoms with Gasteiger partial charge in [-0.2, -0.15) is 4.98 Å². The van der Waals surface area contributed by atoms with Crippen LogP contribution in [0.4, 0.5) is 0 Å². The number of aromatic nitrogens is 3. The van der Waals surface area contributed by atoms with Gasteiger partial charge >= 0.3 is 0 Å². The molecule has 0 bridgehead atoms. The maximum atomic E-state index is 10.8. The maximum Gasteiger partial charge on any atom is 0.258 e. The molecular formula is C13H6Cl2N3O3S-. The molecule has 0 aliphatic carbocycles. The lowest BCUT2D eigenvalue weighted by Gasteiger charge is -2.04. The highest BCUT2D eigenvalue weighted by molar-refractivity contribution is 7.79. The topological polar surface area (TPSA) is 91.9 Å². The Morgan fingerprint density at radius 3 is 2.23 bits per heavy atom. The van der Waals surface area contributed by atoms with Crippen molar-refractivity contribution < 1.29 is 13.3 Å². The van der Waals surface area contributed by atoms with E-state index in [4.69, 9.17) is 27.7 Å². The van der Waals surface area contributed by atoms with E-state index in [0.29, 0.717) is 17.0 Å². The molecule has 0 N–H and O–H groups in total. The number of rotatable bonds is 3. The normalized spacial score (nSPS) is 12.3. The zero-order valence-corrected chi connectivity index (χ0v) is 13.0. The molecule has 0 aliphatic heterocycles. The minimum Gasteiger partial charge on any atom is -0.768 e. The highest BCUT2D eigenvalue weighted by Crippen LogP contribution is 2.26. The summed E-state index contributed by atoms with van der Waals surface area (Å²) in [7, 11) is 0. The van der Waals surface area contributed by atoms with E-state index in [1.165, 1.54) is 12.1 Å². The van der Waals surface area contributed by atoms with Gasteiger partial charge < -0.3 is 9.08 Å². The van der Waals surface area contributed by atoms with Crippen LogP contribution < -0.4 is 0 Å². The second-order valence-electron chi connectivity index (χ2n) is 4.18. The summed E-state index contributed by atoms with van der Waals surface area (Å²) in [5.41, 5.74) is 1.16. The summed E-state index contributed by atoms with van der Waals surface area (Å²) in [6.45, 7) is 0. The van der Waals surface area contributed by atoms with Crippen LogP contribution in [0.25, 0.3) is 22.8 Å². The Morgan fingerprint density at radius 2 is 1.64 bits per heavy atom. The van der Waals surface area contributed by atoms with E-state index in [9.17, 15) is 8.76 Å². The minimum atomic E-state index is -2.27. The third-order valence-corrected chi connectivity index (χ3v) is 3.79. The average molecular weight is 355 g/mol. The fourth-order valence-corrected chi connectivity index (χ4v) is 2.58. The summed E-state index contributed by atoms with van der Waals surface area (Å²) >= 11 is 9.38. The summed E-state index contributed by atoms with van der Waals surface area (Å²) in [5, 5.41) is 4.28. The number of nitrogens with zero attached hydrogens (tertiary/aromatic N) is 3. The van der Waals surface area contributed by atoms with Gasteiger partial charge in [0.05, 0.1) is 0 Å². The summed E-state index contributed by atoms with van der Waals surface area (Å²) < 4.78 is 26.8. The quantitative estimate of drug-likeness (QED) is 0.529. The molecule has 2 heterocycles. The van der Waals surface area contributed by atoms with Crippen molar-refractivity contribution in [3.8, 4) is 22.8 Å². The van der Waals surface area contributed by atoms with Crippen LogP contribution in [0.2, 0.25) is 10.3 Å². The monoisotopic (exact) mass is 354 g/mol. The van der Waals surface area contributed by atoms with Gasteiger partial charge in [-0.05, 0) is 47.5 Å². The summed E-state index contributed by atoms with van der Waals surface area (Å²) in [6.07, 6.45) is 0. The smallest absolute Gasteiger partial charge is 0.258 e.